The number of carbonyl (C=O) groups is 2. The summed E-state index contributed by atoms with van der Waals surface area (Å²) >= 11 is 4.49. The molecule has 32 heavy (non-hydrogen) atoms. The Balaban J connectivity index is 2.16. The number of halogens is 4. The molecule has 1 aliphatic rings. The van der Waals surface area contributed by atoms with Gasteiger partial charge in [0.15, 0.2) is 4.99 Å². The lowest BCUT2D eigenvalue weighted by Crippen LogP contribution is -2.50. The van der Waals surface area contributed by atoms with Gasteiger partial charge in [-0.2, -0.15) is 18.4 Å². The van der Waals surface area contributed by atoms with E-state index < -0.39 is 58.0 Å². The molecule has 0 radical (unpaired) electrons. The van der Waals surface area contributed by atoms with Gasteiger partial charge in [-0.3, -0.25) is 9.59 Å². The van der Waals surface area contributed by atoms with Crippen LogP contribution in [0.3, 0.4) is 0 Å². The van der Waals surface area contributed by atoms with Crippen molar-refractivity contribution in [1.29, 1.82) is 5.26 Å². The smallest absolute Gasteiger partial charge is 0.355 e. The third kappa shape index (κ3) is 3.64. The Hall–Kier alpha value is -3.26. The van der Waals surface area contributed by atoms with Crippen LogP contribution in [0, 0.1) is 17.1 Å². The van der Waals surface area contributed by atoms with Crippen LogP contribution >= 0.6 is 12.6 Å². The predicted molar refractivity (Wildman–Crippen MR) is 111 cm³/mol. The van der Waals surface area contributed by atoms with Gasteiger partial charge in [-0.15, -0.1) is 12.6 Å². The quantitative estimate of drug-likeness (QED) is 0.475. The van der Waals surface area contributed by atoms with Crippen molar-refractivity contribution in [3.63, 3.8) is 0 Å². The summed E-state index contributed by atoms with van der Waals surface area (Å²) in [5.74, 6) is -2.67. The lowest BCUT2D eigenvalue weighted by atomic mass is 9.99. The minimum Gasteiger partial charge on any atom is -0.355 e. The average Bonchev–Trinajstić information content (AvgIpc) is 2.90. The molecule has 1 heterocycles. The third-order valence-corrected chi connectivity index (χ3v) is 5.73. The topological polar surface area (TPSA) is 85.2 Å². The van der Waals surface area contributed by atoms with E-state index >= 15 is 0 Å². The van der Waals surface area contributed by atoms with Crippen LogP contribution in [-0.2, 0) is 16.0 Å². The molecule has 0 aromatic heterocycles. The van der Waals surface area contributed by atoms with Gasteiger partial charge in [0.05, 0.1) is 22.8 Å². The minimum absolute atomic E-state index is 0.0126. The van der Waals surface area contributed by atoms with Crippen molar-refractivity contribution in [1.82, 2.24) is 10.6 Å². The van der Waals surface area contributed by atoms with Gasteiger partial charge in [0.25, 0.3) is 5.91 Å². The summed E-state index contributed by atoms with van der Waals surface area (Å²) in [6.45, 7) is 1.19. The number of alkyl halides is 3. The number of carbonyl (C=O) groups excluding carboxylic acids is 2. The second-order valence-electron chi connectivity index (χ2n) is 7.53. The fourth-order valence-corrected chi connectivity index (χ4v) is 4.19. The van der Waals surface area contributed by atoms with Gasteiger partial charge in [-0.05, 0) is 44.2 Å². The van der Waals surface area contributed by atoms with Gasteiger partial charge >= 0.3 is 6.18 Å². The van der Waals surface area contributed by atoms with E-state index in [2.05, 4.69) is 17.9 Å². The Morgan fingerprint density at radius 2 is 1.97 bits per heavy atom. The van der Waals surface area contributed by atoms with Gasteiger partial charge in [0, 0.05) is 21.0 Å². The highest BCUT2D eigenvalue weighted by Gasteiger charge is 2.55. The second-order valence-corrected chi connectivity index (χ2v) is 8.18. The summed E-state index contributed by atoms with van der Waals surface area (Å²) in [6.07, 6.45) is -4.86. The van der Waals surface area contributed by atoms with E-state index in [0.29, 0.717) is 6.07 Å². The maximum Gasteiger partial charge on any atom is 0.417 e. The van der Waals surface area contributed by atoms with Crippen LogP contribution in [0.4, 0.5) is 23.2 Å². The molecule has 2 amide bonds. The van der Waals surface area contributed by atoms with Crippen LogP contribution < -0.4 is 15.5 Å². The zero-order valence-corrected chi connectivity index (χ0v) is 17.6. The number of thiol groups is 1. The highest BCUT2D eigenvalue weighted by Crippen LogP contribution is 2.46. The molecule has 1 unspecified atom stereocenters. The number of rotatable bonds is 3. The second kappa shape index (κ2) is 7.70. The molecule has 11 heteroatoms. The summed E-state index contributed by atoms with van der Waals surface area (Å²) in [7, 11) is 0. The molecule has 6 nitrogen and oxygen atoms in total. The molecule has 2 N–H and O–H groups in total. The van der Waals surface area contributed by atoms with Crippen molar-refractivity contribution >= 4 is 30.1 Å². The molecule has 1 atom stereocenters. The first-order valence-corrected chi connectivity index (χ1v) is 9.49. The predicted octanol–water partition coefficient (Wildman–Crippen LogP) is 3.53. The van der Waals surface area contributed by atoms with Crippen LogP contribution in [0.2, 0.25) is 0 Å². The first-order valence-electron chi connectivity index (χ1n) is 10.2. The lowest BCUT2D eigenvalue weighted by molar-refractivity contribution is -0.137. The average molecular weight is 468 g/mol. The first-order chi connectivity index (χ1) is 15.6. The molecule has 0 aliphatic carbocycles. The van der Waals surface area contributed by atoms with Crippen LogP contribution in [0.25, 0.3) is 0 Å². The molecule has 2 aromatic rings. The zero-order chi connectivity index (χ0) is 25.6. The Morgan fingerprint density at radius 3 is 2.53 bits per heavy atom. The summed E-state index contributed by atoms with van der Waals surface area (Å²) < 4.78 is 69.6. The molecular weight excluding hydrogens is 448 g/mol. The molecule has 1 aliphatic heterocycles. The Morgan fingerprint density at radius 1 is 1.28 bits per heavy atom. The number of nitriles is 1. The monoisotopic (exact) mass is 468 g/mol. The van der Waals surface area contributed by atoms with E-state index in [4.69, 9.17) is 8.00 Å². The lowest BCUT2D eigenvalue weighted by Gasteiger charge is -2.41. The fraction of sp³-hybridized carbons (Fsp3) is 0.286. The maximum absolute atomic E-state index is 14.8. The number of nitrogens with zero attached hydrogens (tertiary/aromatic N) is 2. The summed E-state index contributed by atoms with van der Waals surface area (Å²) in [5.41, 5.74) is -3.84. The van der Waals surface area contributed by atoms with Gasteiger partial charge in [-0.1, -0.05) is 6.07 Å². The number of hydrogen-bond acceptors (Lipinski definition) is 5. The van der Waals surface area contributed by atoms with Crippen molar-refractivity contribution in [3.05, 3.63) is 64.5 Å². The van der Waals surface area contributed by atoms with Gasteiger partial charge in [0.2, 0.25) is 5.91 Å². The number of benzene rings is 2. The van der Waals surface area contributed by atoms with Gasteiger partial charge in [-0.25, -0.2) is 4.39 Å². The van der Waals surface area contributed by atoms with Crippen molar-refractivity contribution in [2.45, 2.75) is 30.6 Å². The molecule has 3 rings (SSSR count). The van der Waals surface area contributed by atoms with Crippen molar-refractivity contribution in [2.75, 3.05) is 11.9 Å². The SMILES string of the molecule is [2H]C([2H])NC(=O)c1ccc(N2C(C)(C)C(=O)NC2(S)c2ccc(C#N)c(C(F)(F)F)c2)cc1F. The summed E-state index contributed by atoms with van der Waals surface area (Å²) in [6, 6.07) is 7.57. The van der Waals surface area contributed by atoms with E-state index in [1.807, 2.05) is 5.32 Å². The maximum atomic E-state index is 14.8. The number of nitrogens with one attached hydrogen (secondary N) is 2. The molecule has 2 aromatic carbocycles. The Bertz CT molecular complexity index is 1220. The largest absolute Gasteiger partial charge is 0.417 e. The normalized spacial score (nSPS) is 21.0. The molecule has 1 saturated heterocycles. The number of anilines is 1. The molecular formula is C21H18F4N4O2S. The molecule has 0 bridgehead atoms. The van der Waals surface area contributed by atoms with Crippen molar-refractivity contribution in [3.8, 4) is 6.07 Å². The van der Waals surface area contributed by atoms with Crippen LogP contribution in [0.1, 0.15) is 43.6 Å². The zero-order valence-electron chi connectivity index (χ0n) is 18.7. The third-order valence-electron chi connectivity index (χ3n) is 5.16. The van der Waals surface area contributed by atoms with E-state index in [-0.39, 0.29) is 11.3 Å². The highest BCUT2D eigenvalue weighted by molar-refractivity contribution is 7.81. The fourth-order valence-electron chi connectivity index (χ4n) is 3.58. The molecule has 0 spiro atoms. The van der Waals surface area contributed by atoms with Crippen molar-refractivity contribution < 1.29 is 29.9 Å². The standard InChI is InChI=1S/C21H18F4N4O2S/c1-19(2)18(31)28-21(32,12-5-4-11(10-26)15(8-12)20(23,24)25)29(19)13-6-7-14(16(22)9-13)17(30)27-3/h4-9,32H,1-3H3,(H,27,30)(H,28,31)/i3D2. The van der Waals surface area contributed by atoms with E-state index in [9.17, 15) is 27.2 Å². The van der Waals surface area contributed by atoms with E-state index in [1.165, 1.54) is 36.9 Å². The number of amides is 2. The van der Waals surface area contributed by atoms with Crippen molar-refractivity contribution in [2.24, 2.45) is 0 Å². The minimum atomic E-state index is -4.86. The highest BCUT2D eigenvalue weighted by atomic mass is 32.1. The van der Waals surface area contributed by atoms with Crippen LogP contribution in [0.15, 0.2) is 36.4 Å². The number of hydrogen-bond donors (Lipinski definition) is 3. The Labute approximate surface area is 189 Å². The summed E-state index contributed by atoms with van der Waals surface area (Å²) in [5, 5.41) is 13.5. The van der Waals surface area contributed by atoms with E-state index in [0.717, 1.165) is 18.2 Å². The molecule has 1 fully saturated rings. The van der Waals surface area contributed by atoms with E-state index in [1.54, 1.807) is 0 Å². The first kappa shape index (κ1) is 20.6. The molecule has 0 saturated carbocycles. The van der Waals surface area contributed by atoms with Gasteiger partial charge in [0.1, 0.15) is 11.4 Å². The van der Waals surface area contributed by atoms with Crippen LogP contribution in [-0.4, -0.2) is 24.4 Å². The van der Waals surface area contributed by atoms with Gasteiger partial charge < -0.3 is 15.5 Å². The van der Waals surface area contributed by atoms with Crippen LogP contribution in [0.5, 0.6) is 0 Å². The Kier molecular flexibility index (Phi) is 4.97. The summed E-state index contributed by atoms with van der Waals surface area (Å²) in [4.78, 5) is 24.2. The molecule has 168 valence electrons.